The lowest BCUT2D eigenvalue weighted by Crippen LogP contribution is -1.82. The fourth-order valence-electron chi connectivity index (χ4n) is 3.65. The van der Waals surface area contributed by atoms with Crippen molar-refractivity contribution in [2.75, 3.05) is 0 Å². The van der Waals surface area contributed by atoms with Crippen LogP contribution in [0.1, 0.15) is 5.56 Å². The van der Waals surface area contributed by atoms with E-state index in [1.165, 1.54) is 37.3 Å². The molecular formula is C23H16ClNS. The number of hydrogen-bond acceptors (Lipinski definition) is 1. The average molecular weight is 374 g/mol. The highest BCUT2D eigenvalue weighted by Crippen LogP contribution is 2.45. The van der Waals surface area contributed by atoms with Crippen LogP contribution in [0.4, 0.5) is 0 Å². The van der Waals surface area contributed by atoms with Crippen LogP contribution >= 0.6 is 22.9 Å². The molecule has 5 aromatic rings. The summed E-state index contributed by atoms with van der Waals surface area (Å²) >= 11 is 8.16. The van der Waals surface area contributed by atoms with Crippen molar-refractivity contribution in [2.24, 2.45) is 0 Å². The van der Waals surface area contributed by atoms with E-state index in [0.29, 0.717) is 0 Å². The monoisotopic (exact) mass is 373 g/mol. The standard InChI is InChI=1S/C23H16ClNS/c1-14-17-9-5-6-10-20(17)26-23(14)22-21(15-7-3-2-4-8-15)18-13-16(24)11-12-19(18)25-22/h2-13,25H,1H3. The van der Waals surface area contributed by atoms with Crippen LogP contribution in [0.2, 0.25) is 5.02 Å². The van der Waals surface area contributed by atoms with Crippen molar-refractivity contribution >= 4 is 43.9 Å². The molecule has 3 aromatic carbocycles. The summed E-state index contributed by atoms with van der Waals surface area (Å²) in [5, 5.41) is 3.24. The molecule has 1 nitrogen and oxygen atoms in total. The lowest BCUT2D eigenvalue weighted by Gasteiger charge is -2.05. The first-order valence-electron chi connectivity index (χ1n) is 8.57. The van der Waals surface area contributed by atoms with Gasteiger partial charge in [0, 0.05) is 26.2 Å². The van der Waals surface area contributed by atoms with Crippen LogP contribution in [0.25, 0.3) is 42.7 Å². The number of thiophene rings is 1. The number of aromatic amines is 1. The molecule has 0 aliphatic carbocycles. The molecule has 5 rings (SSSR count). The number of benzene rings is 3. The molecule has 2 heterocycles. The van der Waals surface area contributed by atoms with Gasteiger partial charge < -0.3 is 4.98 Å². The van der Waals surface area contributed by atoms with E-state index < -0.39 is 0 Å². The van der Waals surface area contributed by atoms with E-state index in [-0.39, 0.29) is 0 Å². The summed E-state index contributed by atoms with van der Waals surface area (Å²) in [5.41, 5.74) is 6.03. The van der Waals surface area contributed by atoms with Crippen molar-refractivity contribution in [3.63, 3.8) is 0 Å². The van der Waals surface area contributed by atoms with Crippen molar-refractivity contribution in [3.05, 3.63) is 83.4 Å². The molecule has 0 radical (unpaired) electrons. The summed E-state index contributed by atoms with van der Waals surface area (Å²) < 4.78 is 1.32. The largest absolute Gasteiger partial charge is 0.353 e. The second kappa shape index (κ2) is 6.01. The second-order valence-corrected chi connectivity index (χ2v) is 7.97. The Labute approximate surface area is 160 Å². The molecule has 126 valence electrons. The first-order valence-corrected chi connectivity index (χ1v) is 9.77. The summed E-state index contributed by atoms with van der Waals surface area (Å²) in [4.78, 5) is 4.95. The zero-order chi connectivity index (χ0) is 17.7. The van der Waals surface area contributed by atoms with E-state index in [9.17, 15) is 0 Å². The van der Waals surface area contributed by atoms with Crippen molar-refractivity contribution in [1.29, 1.82) is 0 Å². The third kappa shape index (κ3) is 2.38. The Balaban J connectivity index is 1.89. The van der Waals surface area contributed by atoms with Crippen LogP contribution in [0.5, 0.6) is 0 Å². The molecule has 0 bridgehead atoms. The van der Waals surface area contributed by atoms with Gasteiger partial charge in [-0.25, -0.2) is 0 Å². The smallest absolute Gasteiger partial charge is 0.0649 e. The minimum Gasteiger partial charge on any atom is -0.353 e. The van der Waals surface area contributed by atoms with Crippen molar-refractivity contribution in [2.45, 2.75) is 6.92 Å². The molecular weight excluding hydrogens is 358 g/mol. The van der Waals surface area contributed by atoms with Gasteiger partial charge in [-0.1, -0.05) is 60.1 Å². The van der Waals surface area contributed by atoms with E-state index in [1.54, 1.807) is 0 Å². The predicted octanol–water partition coefficient (Wildman–Crippen LogP) is 7.68. The maximum Gasteiger partial charge on any atom is 0.0649 e. The van der Waals surface area contributed by atoms with Crippen LogP contribution in [-0.4, -0.2) is 4.98 Å². The lowest BCUT2D eigenvalue weighted by molar-refractivity contribution is 1.45. The summed E-state index contributed by atoms with van der Waals surface area (Å²) in [7, 11) is 0. The molecule has 0 saturated carbocycles. The van der Waals surface area contributed by atoms with Crippen molar-refractivity contribution < 1.29 is 0 Å². The first-order chi connectivity index (χ1) is 12.7. The summed E-state index contributed by atoms with van der Waals surface area (Å²) in [6.07, 6.45) is 0. The topological polar surface area (TPSA) is 15.8 Å². The number of halogens is 1. The van der Waals surface area contributed by atoms with Gasteiger partial charge in [-0.05, 0) is 47.7 Å². The normalized spacial score (nSPS) is 11.5. The Morgan fingerprint density at radius 2 is 1.62 bits per heavy atom. The van der Waals surface area contributed by atoms with Crippen LogP contribution < -0.4 is 0 Å². The van der Waals surface area contributed by atoms with E-state index in [4.69, 9.17) is 11.6 Å². The average Bonchev–Trinajstić information content (AvgIpc) is 3.20. The molecule has 0 fully saturated rings. The van der Waals surface area contributed by atoms with Gasteiger partial charge >= 0.3 is 0 Å². The first kappa shape index (κ1) is 15.7. The highest BCUT2D eigenvalue weighted by Gasteiger charge is 2.19. The number of fused-ring (bicyclic) bond motifs is 2. The van der Waals surface area contributed by atoms with Gasteiger partial charge in [0.25, 0.3) is 0 Å². The third-order valence-corrected chi connectivity index (χ3v) is 6.42. The molecule has 26 heavy (non-hydrogen) atoms. The number of H-pyrrole nitrogens is 1. The minimum atomic E-state index is 0.758. The van der Waals surface area contributed by atoms with Gasteiger partial charge in [0.2, 0.25) is 0 Å². The minimum absolute atomic E-state index is 0.758. The Morgan fingerprint density at radius 3 is 2.42 bits per heavy atom. The number of rotatable bonds is 2. The third-order valence-electron chi connectivity index (χ3n) is 4.89. The van der Waals surface area contributed by atoms with Gasteiger partial charge in [-0.3, -0.25) is 0 Å². The van der Waals surface area contributed by atoms with Crippen LogP contribution in [0, 0.1) is 6.92 Å². The maximum absolute atomic E-state index is 6.32. The van der Waals surface area contributed by atoms with Crippen LogP contribution in [0.15, 0.2) is 72.8 Å². The quantitative estimate of drug-likeness (QED) is 0.326. The van der Waals surface area contributed by atoms with E-state index in [1.807, 2.05) is 17.4 Å². The Morgan fingerprint density at radius 1 is 0.846 bits per heavy atom. The number of aryl methyl sites for hydroxylation is 1. The van der Waals surface area contributed by atoms with Crippen LogP contribution in [0.3, 0.4) is 0 Å². The zero-order valence-electron chi connectivity index (χ0n) is 14.2. The summed E-state index contributed by atoms with van der Waals surface area (Å²) in [6.45, 7) is 2.21. The maximum atomic E-state index is 6.32. The number of hydrogen-bond donors (Lipinski definition) is 1. The Bertz CT molecular complexity index is 1250. The lowest BCUT2D eigenvalue weighted by atomic mass is 10.00. The fourth-order valence-corrected chi connectivity index (χ4v) is 5.04. The zero-order valence-corrected chi connectivity index (χ0v) is 15.8. The molecule has 1 N–H and O–H groups in total. The SMILES string of the molecule is Cc1c(-c2[nH]c3ccc(Cl)cc3c2-c2ccccc2)sc2ccccc12. The highest BCUT2D eigenvalue weighted by atomic mass is 35.5. The number of aromatic nitrogens is 1. The van der Waals surface area contributed by atoms with Crippen molar-refractivity contribution in [3.8, 4) is 21.7 Å². The molecule has 0 spiro atoms. The van der Waals surface area contributed by atoms with Crippen LogP contribution in [-0.2, 0) is 0 Å². The van der Waals surface area contributed by atoms with Crippen molar-refractivity contribution in [1.82, 2.24) is 4.98 Å². The van der Waals surface area contributed by atoms with E-state index in [0.717, 1.165) is 15.9 Å². The molecule has 3 heteroatoms. The Kier molecular flexibility index (Phi) is 3.63. The molecule has 0 unspecified atom stereocenters. The molecule has 0 atom stereocenters. The fraction of sp³-hybridized carbons (Fsp3) is 0.0435. The number of nitrogens with one attached hydrogen (secondary N) is 1. The summed E-state index contributed by atoms with van der Waals surface area (Å²) in [5.74, 6) is 0. The van der Waals surface area contributed by atoms with Gasteiger partial charge in [0.15, 0.2) is 0 Å². The Hall–Kier alpha value is -2.55. The van der Waals surface area contributed by atoms with Gasteiger partial charge in [-0.2, -0.15) is 0 Å². The highest BCUT2D eigenvalue weighted by molar-refractivity contribution is 7.22. The van der Waals surface area contributed by atoms with E-state index >= 15 is 0 Å². The molecule has 0 aliphatic heterocycles. The van der Waals surface area contributed by atoms with Gasteiger partial charge in [0.1, 0.15) is 0 Å². The predicted molar refractivity (Wildman–Crippen MR) is 114 cm³/mol. The van der Waals surface area contributed by atoms with Gasteiger partial charge in [-0.15, -0.1) is 11.3 Å². The summed E-state index contributed by atoms with van der Waals surface area (Å²) in [6, 6.07) is 25.2. The molecule has 0 aliphatic rings. The second-order valence-electron chi connectivity index (χ2n) is 6.48. The van der Waals surface area contributed by atoms with E-state index in [2.05, 4.69) is 78.6 Å². The van der Waals surface area contributed by atoms with Gasteiger partial charge in [0.05, 0.1) is 10.6 Å². The molecule has 0 saturated heterocycles. The molecule has 0 amide bonds. The molecule has 2 aromatic heterocycles.